The molecule has 1 aromatic heterocycles. The molecule has 188 valence electrons. The Morgan fingerprint density at radius 2 is 1.71 bits per heavy atom. The minimum Gasteiger partial charge on any atom is -0.302 e. The molecule has 10 heteroatoms. The molecule has 7 nitrogen and oxygen atoms in total. The maximum atomic E-state index is 14.3. The maximum absolute atomic E-state index is 14.3. The molecule has 0 radical (unpaired) electrons. The van der Waals surface area contributed by atoms with Crippen LogP contribution < -0.4 is 4.90 Å². The van der Waals surface area contributed by atoms with E-state index in [9.17, 15) is 17.6 Å². The Morgan fingerprint density at radius 1 is 1.03 bits per heavy atom. The lowest BCUT2D eigenvalue weighted by atomic mass is 10.2. The molecular formula is C25H31FN4O3S2. The standard InChI is InChI=1S/C25H31FN4O3S2/c1-3-28(4-2)17-18-30(25-27-23-21(26)9-8-10-22(23)34-25)24(31)19-11-13-20(14-12-19)35(32,33)29-15-6-5-7-16-29/h8-14H,3-7,15-18H2,1-2H3. The summed E-state index contributed by atoms with van der Waals surface area (Å²) in [6.45, 7) is 7.88. The van der Waals surface area contributed by atoms with Gasteiger partial charge in [-0.25, -0.2) is 17.8 Å². The van der Waals surface area contributed by atoms with E-state index in [1.165, 1.54) is 33.8 Å². The third-order valence-electron chi connectivity index (χ3n) is 6.42. The number of anilines is 1. The normalized spacial score (nSPS) is 15.1. The molecule has 1 aliphatic rings. The van der Waals surface area contributed by atoms with Crippen LogP contribution in [0.25, 0.3) is 10.2 Å². The van der Waals surface area contributed by atoms with E-state index in [1.807, 2.05) is 0 Å². The van der Waals surface area contributed by atoms with Crippen molar-refractivity contribution in [3.63, 3.8) is 0 Å². The molecule has 1 aliphatic heterocycles. The Balaban J connectivity index is 1.62. The van der Waals surface area contributed by atoms with Crippen molar-refractivity contribution in [1.82, 2.24) is 14.2 Å². The number of carbonyl (C=O) groups is 1. The van der Waals surface area contributed by atoms with Crippen molar-refractivity contribution in [1.29, 1.82) is 0 Å². The molecule has 0 atom stereocenters. The van der Waals surface area contributed by atoms with Gasteiger partial charge < -0.3 is 4.90 Å². The number of sulfonamides is 1. The van der Waals surface area contributed by atoms with E-state index in [1.54, 1.807) is 29.2 Å². The van der Waals surface area contributed by atoms with E-state index >= 15 is 0 Å². The number of fused-ring (bicyclic) bond motifs is 1. The fraction of sp³-hybridized carbons (Fsp3) is 0.440. The fourth-order valence-electron chi connectivity index (χ4n) is 4.26. The number of piperidine rings is 1. The van der Waals surface area contributed by atoms with Gasteiger partial charge >= 0.3 is 0 Å². The van der Waals surface area contributed by atoms with E-state index in [0.717, 1.165) is 32.4 Å². The molecule has 2 aromatic carbocycles. The smallest absolute Gasteiger partial charge is 0.260 e. The number of aromatic nitrogens is 1. The van der Waals surface area contributed by atoms with Crippen LogP contribution >= 0.6 is 11.3 Å². The zero-order valence-electron chi connectivity index (χ0n) is 20.1. The van der Waals surface area contributed by atoms with Crippen LogP contribution in [0.5, 0.6) is 0 Å². The Hall–Kier alpha value is -2.40. The molecule has 0 aliphatic carbocycles. The van der Waals surface area contributed by atoms with E-state index in [2.05, 4.69) is 23.7 Å². The summed E-state index contributed by atoms with van der Waals surface area (Å²) in [6.07, 6.45) is 2.76. The Labute approximate surface area is 210 Å². The molecule has 1 fully saturated rings. The fourth-order valence-corrected chi connectivity index (χ4v) is 6.79. The number of halogens is 1. The number of hydrogen-bond acceptors (Lipinski definition) is 6. The minimum absolute atomic E-state index is 0.188. The van der Waals surface area contributed by atoms with Crippen molar-refractivity contribution in [2.45, 2.75) is 38.0 Å². The molecule has 4 rings (SSSR count). The molecule has 0 spiro atoms. The monoisotopic (exact) mass is 518 g/mol. The quantitative estimate of drug-likeness (QED) is 0.414. The number of thiazole rings is 1. The van der Waals surface area contributed by atoms with E-state index in [4.69, 9.17) is 0 Å². The largest absolute Gasteiger partial charge is 0.302 e. The van der Waals surface area contributed by atoms with Gasteiger partial charge in [-0.2, -0.15) is 4.31 Å². The Bertz CT molecular complexity index is 1270. The number of carbonyl (C=O) groups excluding carboxylic acids is 1. The first-order valence-electron chi connectivity index (χ1n) is 12.0. The summed E-state index contributed by atoms with van der Waals surface area (Å²) < 4.78 is 42.4. The van der Waals surface area contributed by atoms with Gasteiger partial charge in [0.2, 0.25) is 10.0 Å². The van der Waals surface area contributed by atoms with Gasteiger partial charge in [-0.15, -0.1) is 0 Å². The number of amides is 1. The van der Waals surface area contributed by atoms with Crippen LogP contribution in [0.3, 0.4) is 0 Å². The predicted octanol–water partition coefficient (Wildman–Crippen LogP) is 4.60. The van der Waals surface area contributed by atoms with Gasteiger partial charge in [0.15, 0.2) is 5.13 Å². The average Bonchev–Trinajstić information content (AvgIpc) is 3.32. The zero-order valence-corrected chi connectivity index (χ0v) is 21.7. The van der Waals surface area contributed by atoms with Gasteiger partial charge in [0, 0.05) is 31.7 Å². The Morgan fingerprint density at radius 3 is 2.34 bits per heavy atom. The van der Waals surface area contributed by atoms with Crippen LogP contribution in [0.4, 0.5) is 9.52 Å². The van der Waals surface area contributed by atoms with Crippen LogP contribution in [-0.4, -0.2) is 67.8 Å². The first-order chi connectivity index (χ1) is 16.8. The van der Waals surface area contributed by atoms with Gasteiger partial charge in [0.25, 0.3) is 5.91 Å². The van der Waals surface area contributed by atoms with Gasteiger partial charge in [0.1, 0.15) is 11.3 Å². The first kappa shape index (κ1) is 25.7. The van der Waals surface area contributed by atoms with Crippen molar-refractivity contribution in [3.05, 3.63) is 53.8 Å². The highest BCUT2D eigenvalue weighted by Gasteiger charge is 2.27. The average molecular weight is 519 g/mol. The number of para-hydroxylation sites is 1. The summed E-state index contributed by atoms with van der Waals surface area (Å²) in [7, 11) is -3.58. The third kappa shape index (κ3) is 5.55. The van der Waals surface area contributed by atoms with Crippen LogP contribution in [0.2, 0.25) is 0 Å². The topological polar surface area (TPSA) is 73.8 Å². The summed E-state index contributed by atoms with van der Waals surface area (Å²) in [4.78, 5) is 22.0. The summed E-state index contributed by atoms with van der Waals surface area (Å²) >= 11 is 1.27. The van der Waals surface area contributed by atoms with Gasteiger partial charge in [-0.1, -0.05) is 37.7 Å². The van der Waals surface area contributed by atoms with Crippen LogP contribution in [0, 0.1) is 5.82 Å². The first-order valence-corrected chi connectivity index (χ1v) is 14.3. The molecule has 0 unspecified atom stereocenters. The molecule has 0 bridgehead atoms. The number of likely N-dealkylation sites (N-methyl/N-ethyl adjacent to an activating group) is 1. The number of rotatable bonds is 9. The maximum Gasteiger partial charge on any atom is 0.260 e. The van der Waals surface area contributed by atoms with E-state index in [0.29, 0.717) is 41.6 Å². The van der Waals surface area contributed by atoms with Gasteiger partial charge in [-0.3, -0.25) is 9.69 Å². The summed E-state index contributed by atoms with van der Waals surface area (Å²) in [5.41, 5.74) is 0.609. The highest BCUT2D eigenvalue weighted by molar-refractivity contribution is 7.89. The second kappa shape index (κ2) is 11.1. The van der Waals surface area contributed by atoms with Crippen LogP contribution in [0.1, 0.15) is 43.5 Å². The number of benzene rings is 2. The number of hydrogen-bond donors (Lipinski definition) is 0. The summed E-state index contributed by atoms with van der Waals surface area (Å²) in [5, 5.41) is 0.423. The highest BCUT2D eigenvalue weighted by Crippen LogP contribution is 2.31. The lowest BCUT2D eigenvalue weighted by Gasteiger charge is -2.26. The summed E-state index contributed by atoms with van der Waals surface area (Å²) in [5.74, 6) is -0.716. The van der Waals surface area contributed by atoms with Crippen molar-refractivity contribution in [3.8, 4) is 0 Å². The van der Waals surface area contributed by atoms with Crippen molar-refractivity contribution in [2.75, 3.05) is 44.2 Å². The molecule has 35 heavy (non-hydrogen) atoms. The SMILES string of the molecule is CCN(CC)CCN(C(=O)c1ccc(S(=O)(=O)N2CCCCC2)cc1)c1nc2c(F)cccc2s1. The molecule has 0 N–H and O–H groups in total. The number of nitrogens with zero attached hydrogens (tertiary/aromatic N) is 4. The molecular weight excluding hydrogens is 487 g/mol. The molecule has 3 aromatic rings. The predicted molar refractivity (Wildman–Crippen MR) is 138 cm³/mol. The third-order valence-corrected chi connectivity index (χ3v) is 9.38. The van der Waals surface area contributed by atoms with E-state index in [-0.39, 0.29) is 16.3 Å². The second-order valence-electron chi connectivity index (χ2n) is 8.56. The molecule has 2 heterocycles. The highest BCUT2D eigenvalue weighted by atomic mass is 32.2. The molecule has 0 saturated carbocycles. The van der Waals surface area contributed by atoms with Crippen LogP contribution in [-0.2, 0) is 10.0 Å². The zero-order chi connectivity index (χ0) is 25.0. The van der Waals surface area contributed by atoms with E-state index < -0.39 is 15.8 Å². The van der Waals surface area contributed by atoms with Crippen molar-refractivity contribution < 1.29 is 17.6 Å². The van der Waals surface area contributed by atoms with Gasteiger partial charge in [0.05, 0.1) is 9.60 Å². The van der Waals surface area contributed by atoms with Crippen molar-refractivity contribution >= 4 is 42.6 Å². The lowest BCUT2D eigenvalue weighted by Crippen LogP contribution is -2.39. The molecule has 1 saturated heterocycles. The second-order valence-corrected chi connectivity index (χ2v) is 11.5. The minimum atomic E-state index is -3.58. The van der Waals surface area contributed by atoms with Gasteiger partial charge in [-0.05, 0) is 62.3 Å². The Kier molecular flexibility index (Phi) is 8.16. The lowest BCUT2D eigenvalue weighted by molar-refractivity contribution is 0.0983. The summed E-state index contributed by atoms with van der Waals surface area (Å²) in [6, 6.07) is 10.9. The van der Waals surface area contributed by atoms with Crippen LogP contribution in [0.15, 0.2) is 47.4 Å². The molecule has 1 amide bonds. The van der Waals surface area contributed by atoms with Crippen molar-refractivity contribution in [2.24, 2.45) is 0 Å².